The van der Waals surface area contributed by atoms with Crippen LogP contribution in [0.5, 0.6) is 5.75 Å². The highest BCUT2D eigenvalue weighted by Gasteiger charge is 2.16. The van der Waals surface area contributed by atoms with Crippen molar-refractivity contribution < 1.29 is 29.0 Å². The van der Waals surface area contributed by atoms with Gasteiger partial charge < -0.3 is 19.8 Å². The van der Waals surface area contributed by atoms with Gasteiger partial charge in [0.25, 0.3) is 0 Å². The van der Waals surface area contributed by atoms with Gasteiger partial charge in [-0.15, -0.1) is 0 Å². The van der Waals surface area contributed by atoms with Gasteiger partial charge in [-0.1, -0.05) is 29.1 Å². The number of nitrogens with zero attached hydrogens (tertiary/aromatic N) is 1. The number of ether oxygens (including phenoxy) is 2. The number of benzene rings is 3. The summed E-state index contributed by atoms with van der Waals surface area (Å²) in [6.07, 6.45) is -0.597. The maximum atomic E-state index is 13.1. The fourth-order valence-corrected chi connectivity index (χ4v) is 3.07. The maximum absolute atomic E-state index is 13.1. The molecule has 0 radical (unpaired) electrons. The highest BCUT2D eigenvalue weighted by Crippen LogP contribution is 2.17. The fraction of sp³-hybridized carbons (Fsp3) is 0.154. The molecule has 3 rings (SSSR count). The molecule has 0 aromatic heterocycles. The van der Waals surface area contributed by atoms with Gasteiger partial charge in [0.15, 0.2) is 6.10 Å². The first-order valence-corrected chi connectivity index (χ1v) is 10.0. The van der Waals surface area contributed by atoms with E-state index in [9.17, 15) is 14.4 Å². The van der Waals surface area contributed by atoms with Gasteiger partial charge in [0, 0.05) is 30.2 Å². The smallest absolute Gasteiger partial charge is 0.333 e. The molecule has 0 aliphatic heterocycles. The molecule has 7 heteroatoms. The van der Waals surface area contributed by atoms with Crippen LogP contribution in [-0.2, 0) is 16.0 Å². The van der Waals surface area contributed by atoms with Crippen LogP contribution in [0.3, 0.4) is 0 Å². The lowest BCUT2D eigenvalue weighted by Gasteiger charge is -2.10. The molecule has 0 aliphatic carbocycles. The quantitative estimate of drug-likeness (QED) is 0.235. The molecule has 0 saturated heterocycles. The van der Waals surface area contributed by atoms with Gasteiger partial charge in [0.05, 0.1) is 0 Å². The van der Waals surface area contributed by atoms with E-state index in [1.165, 1.54) is 19.2 Å². The molecule has 3 aromatic rings. The fourth-order valence-electron chi connectivity index (χ4n) is 3.07. The van der Waals surface area contributed by atoms with Gasteiger partial charge in [0.2, 0.25) is 0 Å². The van der Waals surface area contributed by atoms with Crippen LogP contribution in [0.15, 0.2) is 78.0 Å². The molecule has 1 atom stereocenters. The van der Waals surface area contributed by atoms with Crippen molar-refractivity contribution >= 4 is 11.7 Å². The van der Waals surface area contributed by atoms with Crippen LogP contribution >= 0.6 is 0 Å². The molecule has 0 heterocycles. The Kier molecular flexibility index (Phi) is 8.17. The summed E-state index contributed by atoms with van der Waals surface area (Å²) >= 11 is 0. The molecular weight excluding hydrogens is 425 g/mol. The second-order valence-electron chi connectivity index (χ2n) is 7.03. The highest BCUT2D eigenvalue weighted by atomic mass is 19.1. The first-order valence-electron chi connectivity index (χ1n) is 10.0. The predicted molar refractivity (Wildman–Crippen MR) is 121 cm³/mol. The van der Waals surface area contributed by atoms with Crippen LogP contribution in [0.4, 0.5) is 4.39 Å². The van der Waals surface area contributed by atoms with Gasteiger partial charge in [0.1, 0.15) is 23.9 Å². The van der Waals surface area contributed by atoms with Crippen molar-refractivity contribution in [3.63, 3.8) is 0 Å². The van der Waals surface area contributed by atoms with Gasteiger partial charge in [-0.3, -0.25) is 0 Å². The first kappa shape index (κ1) is 23.5. The van der Waals surface area contributed by atoms with E-state index >= 15 is 0 Å². The van der Waals surface area contributed by atoms with Gasteiger partial charge in [-0.2, -0.15) is 0 Å². The summed E-state index contributed by atoms with van der Waals surface area (Å²) < 4.78 is 23.7. The Morgan fingerprint density at radius 3 is 2.15 bits per heavy atom. The third-order valence-electron chi connectivity index (χ3n) is 4.82. The number of methoxy groups -OCH3 is 1. The van der Waals surface area contributed by atoms with E-state index < -0.39 is 12.1 Å². The molecule has 2 N–H and O–H groups in total. The van der Waals surface area contributed by atoms with Crippen molar-refractivity contribution in [3.8, 4) is 17.6 Å². The second-order valence-corrected chi connectivity index (χ2v) is 7.03. The SMILES string of the molecule is CO[C@@H](Cc1ccc(C#CCOc2ccc(/C(=N\O)c3ccc(F)cc3)cc2)cc1)C(=O)O. The lowest BCUT2D eigenvalue weighted by atomic mass is 10.0. The Labute approximate surface area is 190 Å². The number of halogens is 1. The van der Waals surface area contributed by atoms with Crippen LogP contribution in [0.2, 0.25) is 0 Å². The van der Waals surface area contributed by atoms with E-state index in [0.29, 0.717) is 22.6 Å². The molecular formula is C26H22FNO5. The summed E-state index contributed by atoms with van der Waals surface area (Å²) in [4.78, 5) is 11.0. The van der Waals surface area contributed by atoms with Gasteiger partial charge in [-0.25, -0.2) is 9.18 Å². The molecule has 0 saturated carbocycles. The summed E-state index contributed by atoms with van der Waals surface area (Å²) in [7, 11) is 1.37. The summed E-state index contributed by atoms with van der Waals surface area (Å²) in [5, 5.41) is 21.7. The molecule has 0 bridgehead atoms. The standard InChI is InChI=1S/C26H22FNO5/c1-32-24(26(29)30)17-19-6-4-18(5-7-19)3-2-16-33-23-14-10-21(11-15-23)25(28-31)20-8-12-22(27)13-9-20/h4-15,24,31H,16-17H2,1H3,(H,29,30)/b28-25-/t24-/m0/s1. The molecule has 0 aliphatic rings. The largest absolute Gasteiger partial charge is 0.481 e. The number of carbonyl (C=O) groups is 1. The van der Waals surface area contributed by atoms with Crippen LogP contribution in [0, 0.1) is 17.7 Å². The zero-order valence-corrected chi connectivity index (χ0v) is 17.9. The monoisotopic (exact) mass is 447 g/mol. The van der Waals surface area contributed by atoms with Gasteiger partial charge in [-0.05, 0) is 66.2 Å². The molecule has 0 unspecified atom stereocenters. The molecule has 33 heavy (non-hydrogen) atoms. The van der Waals surface area contributed by atoms with E-state index in [-0.39, 0.29) is 18.8 Å². The summed E-state index contributed by atoms with van der Waals surface area (Å²) in [5.74, 6) is 5.15. The minimum Gasteiger partial charge on any atom is -0.481 e. The summed E-state index contributed by atoms with van der Waals surface area (Å²) in [6, 6.07) is 19.9. The van der Waals surface area contributed by atoms with E-state index in [4.69, 9.17) is 14.6 Å². The molecule has 3 aromatic carbocycles. The number of carboxylic acid groups (broad SMARTS) is 1. The average molecular weight is 447 g/mol. The Morgan fingerprint density at radius 1 is 1.00 bits per heavy atom. The topological polar surface area (TPSA) is 88.4 Å². The normalized spacial score (nSPS) is 11.9. The van der Waals surface area contributed by atoms with Crippen LogP contribution < -0.4 is 4.74 Å². The minimum absolute atomic E-state index is 0.171. The number of hydrogen-bond acceptors (Lipinski definition) is 5. The Balaban J connectivity index is 1.55. The van der Waals surface area contributed by atoms with Crippen molar-refractivity contribution in [3.05, 3.63) is 101 Å². The second kappa shape index (κ2) is 11.5. The minimum atomic E-state index is -0.998. The van der Waals surface area contributed by atoms with Crippen LogP contribution in [-0.4, -0.2) is 41.8 Å². The third kappa shape index (κ3) is 6.66. The zero-order chi connectivity index (χ0) is 23.6. The van der Waals surface area contributed by atoms with E-state index in [0.717, 1.165) is 11.1 Å². The predicted octanol–water partition coefficient (Wildman–Crippen LogP) is 4.12. The van der Waals surface area contributed by atoms with Crippen molar-refractivity contribution in [2.75, 3.05) is 13.7 Å². The number of hydrogen-bond donors (Lipinski definition) is 2. The van der Waals surface area contributed by atoms with Crippen molar-refractivity contribution in [2.24, 2.45) is 5.16 Å². The lowest BCUT2D eigenvalue weighted by Crippen LogP contribution is -2.24. The van der Waals surface area contributed by atoms with E-state index in [1.54, 1.807) is 36.4 Å². The van der Waals surface area contributed by atoms with Crippen molar-refractivity contribution in [2.45, 2.75) is 12.5 Å². The highest BCUT2D eigenvalue weighted by molar-refractivity contribution is 6.12. The van der Waals surface area contributed by atoms with Crippen molar-refractivity contribution in [1.82, 2.24) is 0 Å². The van der Waals surface area contributed by atoms with Gasteiger partial charge >= 0.3 is 5.97 Å². The maximum Gasteiger partial charge on any atom is 0.333 e. The Morgan fingerprint density at radius 2 is 1.61 bits per heavy atom. The number of carboxylic acids is 1. The van der Waals surface area contributed by atoms with E-state index in [1.807, 2.05) is 24.3 Å². The van der Waals surface area contributed by atoms with Crippen LogP contribution in [0.1, 0.15) is 22.3 Å². The number of oxime groups is 1. The Hall–Kier alpha value is -4.15. The molecule has 6 nitrogen and oxygen atoms in total. The zero-order valence-electron chi connectivity index (χ0n) is 17.9. The molecule has 0 amide bonds. The molecule has 0 spiro atoms. The summed E-state index contributed by atoms with van der Waals surface area (Å²) in [6.45, 7) is 0.171. The Bertz CT molecular complexity index is 1160. The first-order chi connectivity index (χ1) is 16.0. The molecule has 0 fully saturated rings. The van der Waals surface area contributed by atoms with Crippen molar-refractivity contribution in [1.29, 1.82) is 0 Å². The third-order valence-corrected chi connectivity index (χ3v) is 4.82. The summed E-state index contributed by atoms with van der Waals surface area (Å²) in [5.41, 5.74) is 3.19. The van der Waals surface area contributed by atoms with E-state index in [2.05, 4.69) is 17.0 Å². The number of rotatable bonds is 8. The van der Waals surface area contributed by atoms with Crippen LogP contribution in [0.25, 0.3) is 0 Å². The number of aliphatic carboxylic acids is 1. The average Bonchev–Trinajstić information content (AvgIpc) is 2.83. The molecule has 168 valence electrons. The lowest BCUT2D eigenvalue weighted by molar-refractivity contribution is -0.148.